The van der Waals surface area contributed by atoms with Gasteiger partial charge in [0, 0.05) is 15.5 Å². The number of nitrogens with two attached hydrogens (primary N) is 1. The third kappa shape index (κ3) is 3.57. The van der Waals surface area contributed by atoms with Crippen LogP contribution < -0.4 is 15.2 Å². The molecule has 32 heavy (non-hydrogen) atoms. The maximum absolute atomic E-state index is 14.1. The van der Waals surface area contributed by atoms with Crippen molar-refractivity contribution in [1.82, 2.24) is 10.1 Å². The second kappa shape index (κ2) is 7.64. The number of rotatable bonds is 8. The molecule has 1 unspecified atom stereocenters. The Hall–Kier alpha value is -2.84. The molecule has 0 radical (unpaired) electrons. The third-order valence-electron chi connectivity index (χ3n) is 6.13. The minimum atomic E-state index is -0.962. The number of aromatic nitrogens is 2. The Balaban J connectivity index is 1.23. The lowest BCUT2D eigenvalue weighted by Gasteiger charge is -2.69. The first kappa shape index (κ1) is 21.0. The Labute approximate surface area is 192 Å². The fourth-order valence-electron chi connectivity index (χ4n) is 4.76. The highest BCUT2D eigenvalue weighted by Gasteiger charge is 2.75. The zero-order chi connectivity index (χ0) is 22.5. The van der Waals surface area contributed by atoms with E-state index in [4.69, 9.17) is 42.9 Å². The van der Waals surface area contributed by atoms with E-state index in [1.54, 1.807) is 24.3 Å². The summed E-state index contributed by atoms with van der Waals surface area (Å²) in [4.78, 5) is 16.6. The van der Waals surface area contributed by atoms with E-state index in [1.807, 2.05) is 0 Å². The predicted molar refractivity (Wildman–Crippen MR) is 113 cm³/mol. The van der Waals surface area contributed by atoms with Crippen molar-refractivity contribution in [3.05, 3.63) is 70.0 Å². The summed E-state index contributed by atoms with van der Waals surface area (Å²) >= 11 is 11.6. The fourth-order valence-corrected chi connectivity index (χ4v) is 5.05. The number of carbonyl (C=O) groups excluding carboxylic acids is 1. The Morgan fingerprint density at radius 3 is 2.50 bits per heavy atom. The Bertz CT molecular complexity index is 1160. The summed E-state index contributed by atoms with van der Waals surface area (Å²) in [6.07, 6.45) is 0.795. The number of ether oxygens (including phenoxy) is 2. The van der Waals surface area contributed by atoms with Crippen LogP contribution in [-0.2, 0) is 16.8 Å². The SMILES string of the molecule is NC(=O)C(Oc1ccc(Cl)cc1F)C12CC(c3nc(COc4ccc(Cl)cc4)no3)(C1)C2. The van der Waals surface area contributed by atoms with Gasteiger partial charge in [0.25, 0.3) is 5.91 Å². The van der Waals surface area contributed by atoms with Crippen LogP contribution in [0.2, 0.25) is 10.0 Å². The molecule has 0 saturated heterocycles. The topological polar surface area (TPSA) is 100 Å². The van der Waals surface area contributed by atoms with Crippen molar-refractivity contribution < 1.29 is 23.2 Å². The first-order chi connectivity index (χ1) is 15.3. The lowest BCUT2D eigenvalue weighted by Crippen LogP contribution is -2.72. The lowest BCUT2D eigenvalue weighted by atomic mass is 9.33. The minimum absolute atomic E-state index is 0.0589. The van der Waals surface area contributed by atoms with Crippen LogP contribution in [0.1, 0.15) is 31.0 Å². The van der Waals surface area contributed by atoms with Gasteiger partial charge in [-0.1, -0.05) is 28.4 Å². The molecular formula is C22H18Cl2FN3O4. The standard InChI is InChI=1S/C22H18Cl2FN3O4/c23-12-1-4-14(5-2-12)30-8-17-27-20(32-28-17)22-9-21(10-22,11-22)18(19(26)29)31-16-6-3-13(24)7-15(16)25/h1-7,18H,8-11H2,(H2,26,29). The van der Waals surface area contributed by atoms with Crippen LogP contribution in [0, 0.1) is 11.2 Å². The monoisotopic (exact) mass is 477 g/mol. The van der Waals surface area contributed by atoms with Gasteiger partial charge in [-0.2, -0.15) is 4.98 Å². The van der Waals surface area contributed by atoms with Gasteiger partial charge in [0.05, 0.1) is 5.41 Å². The van der Waals surface area contributed by atoms with E-state index in [2.05, 4.69) is 10.1 Å². The lowest BCUT2D eigenvalue weighted by molar-refractivity contribution is -0.209. The molecule has 1 amide bonds. The first-order valence-electron chi connectivity index (χ1n) is 9.91. The van der Waals surface area contributed by atoms with E-state index in [9.17, 15) is 9.18 Å². The Kier molecular flexibility index (Phi) is 5.02. The average Bonchev–Trinajstić information content (AvgIpc) is 3.15. The number of benzene rings is 2. The maximum atomic E-state index is 14.1. The van der Waals surface area contributed by atoms with Crippen LogP contribution in [0.25, 0.3) is 0 Å². The maximum Gasteiger partial charge on any atom is 0.259 e. The van der Waals surface area contributed by atoms with Gasteiger partial charge in [-0.05, 0) is 61.7 Å². The number of hydrogen-bond acceptors (Lipinski definition) is 6. The fraction of sp³-hybridized carbons (Fsp3) is 0.318. The molecule has 10 heteroatoms. The summed E-state index contributed by atoms with van der Waals surface area (Å²) in [6.45, 7) is 0.148. The van der Waals surface area contributed by atoms with Crippen LogP contribution in [0.5, 0.6) is 11.5 Å². The largest absolute Gasteiger partial charge is 0.485 e. The zero-order valence-electron chi connectivity index (χ0n) is 16.7. The van der Waals surface area contributed by atoms with Crippen molar-refractivity contribution in [2.24, 2.45) is 11.1 Å². The molecule has 3 fully saturated rings. The van der Waals surface area contributed by atoms with Crippen molar-refractivity contribution >= 4 is 29.1 Å². The van der Waals surface area contributed by atoms with Crippen molar-refractivity contribution in [1.29, 1.82) is 0 Å². The van der Waals surface area contributed by atoms with Crippen molar-refractivity contribution in [3.8, 4) is 11.5 Å². The third-order valence-corrected chi connectivity index (χ3v) is 6.62. The van der Waals surface area contributed by atoms with E-state index in [1.165, 1.54) is 12.1 Å². The van der Waals surface area contributed by atoms with Crippen LogP contribution in [0.15, 0.2) is 47.0 Å². The van der Waals surface area contributed by atoms with Crippen molar-refractivity contribution in [3.63, 3.8) is 0 Å². The summed E-state index contributed by atoms with van der Waals surface area (Å²) in [6, 6.07) is 11.0. The molecule has 0 spiro atoms. The smallest absolute Gasteiger partial charge is 0.259 e. The van der Waals surface area contributed by atoms with Gasteiger partial charge in [-0.15, -0.1) is 0 Å². The van der Waals surface area contributed by atoms with Gasteiger partial charge in [-0.3, -0.25) is 4.79 Å². The molecule has 2 aromatic carbocycles. The molecule has 1 heterocycles. The number of amides is 1. The normalized spacial score (nSPS) is 24.2. The second-order valence-electron chi connectivity index (χ2n) is 8.41. The molecule has 1 aromatic heterocycles. The molecular weight excluding hydrogens is 460 g/mol. The molecule has 7 nitrogen and oxygen atoms in total. The highest BCUT2D eigenvalue weighted by atomic mass is 35.5. The summed E-state index contributed by atoms with van der Waals surface area (Å²) in [5.74, 6) is 0.203. The molecule has 1 atom stereocenters. The average molecular weight is 478 g/mol. The quantitative estimate of drug-likeness (QED) is 0.514. The number of halogens is 3. The summed E-state index contributed by atoms with van der Waals surface area (Å²) in [7, 11) is 0. The van der Waals surface area contributed by atoms with Gasteiger partial charge >= 0.3 is 0 Å². The second-order valence-corrected chi connectivity index (χ2v) is 9.28. The van der Waals surface area contributed by atoms with Crippen LogP contribution in [-0.4, -0.2) is 22.2 Å². The molecule has 166 valence electrons. The molecule has 3 aromatic rings. The van der Waals surface area contributed by atoms with Gasteiger partial charge in [0.2, 0.25) is 11.7 Å². The van der Waals surface area contributed by atoms with Crippen LogP contribution >= 0.6 is 23.2 Å². The van der Waals surface area contributed by atoms with Gasteiger partial charge in [0.15, 0.2) is 24.3 Å². The first-order valence-corrected chi connectivity index (χ1v) is 10.7. The summed E-state index contributed by atoms with van der Waals surface area (Å²) in [5, 5.41) is 4.85. The highest BCUT2D eigenvalue weighted by molar-refractivity contribution is 6.30. The molecule has 3 saturated carbocycles. The summed E-state index contributed by atoms with van der Waals surface area (Å²) < 4.78 is 30.9. The molecule has 0 aliphatic heterocycles. The van der Waals surface area contributed by atoms with E-state index in [0.717, 1.165) is 6.07 Å². The molecule has 3 aliphatic carbocycles. The highest BCUT2D eigenvalue weighted by Crippen LogP contribution is 2.75. The van der Waals surface area contributed by atoms with Crippen LogP contribution in [0.4, 0.5) is 4.39 Å². The van der Waals surface area contributed by atoms with E-state index in [0.29, 0.717) is 41.7 Å². The van der Waals surface area contributed by atoms with Gasteiger partial charge in [-0.25, -0.2) is 4.39 Å². The van der Waals surface area contributed by atoms with Gasteiger partial charge < -0.3 is 19.7 Å². The molecule has 2 N–H and O–H groups in total. The number of nitrogens with zero attached hydrogens (tertiary/aromatic N) is 2. The van der Waals surface area contributed by atoms with Crippen molar-refractivity contribution in [2.75, 3.05) is 0 Å². The molecule has 2 bridgehead atoms. The number of primary amides is 1. The molecule has 6 rings (SSSR count). The Morgan fingerprint density at radius 1 is 1.16 bits per heavy atom. The van der Waals surface area contributed by atoms with Gasteiger partial charge in [0.1, 0.15) is 5.75 Å². The van der Waals surface area contributed by atoms with Crippen LogP contribution in [0.3, 0.4) is 0 Å². The van der Waals surface area contributed by atoms with E-state index >= 15 is 0 Å². The minimum Gasteiger partial charge on any atom is -0.485 e. The Morgan fingerprint density at radius 2 is 1.84 bits per heavy atom. The van der Waals surface area contributed by atoms with E-state index < -0.39 is 23.2 Å². The van der Waals surface area contributed by atoms with E-state index in [-0.39, 0.29) is 22.8 Å². The number of carbonyl (C=O) groups is 1. The zero-order valence-corrected chi connectivity index (χ0v) is 18.2. The molecule has 3 aliphatic rings. The summed E-state index contributed by atoms with van der Waals surface area (Å²) in [5.41, 5.74) is 4.79. The predicted octanol–water partition coefficient (Wildman–Crippen LogP) is 4.45. The number of hydrogen-bond donors (Lipinski definition) is 1. The van der Waals surface area contributed by atoms with Crippen molar-refractivity contribution in [2.45, 2.75) is 37.4 Å².